The summed E-state index contributed by atoms with van der Waals surface area (Å²) in [6.07, 6.45) is 4.74. The predicted octanol–water partition coefficient (Wildman–Crippen LogP) is 3.39. The van der Waals surface area contributed by atoms with Crippen LogP contribution in [0.25, 0.3) is 5.69 Å². The minimum Gasteiger partial charge on any atom is -0.481 e. The number of nitrogens with one attached hydrogen (secondary N) is 1. The van der Waals surface area contributed by atoms with E-state index in [1.807, 2.05) is 16.8 Å². The molecule has 1 aromatic carbocycles. The van der Waals surface area contributed by atoms with Gasteiger partial charge in [-0.15, -0.1) is 0 Å². The van der Waals surface area contributed by atoms with Crippen LogP contribution in [0.15, 0.2) is 24.3 Å². The van der Waals surface area contributed by atoms with Crippen LogP contribution in [-0.4, -0.2) is 32.8 Å². The van der Waals surface area contributed by atoms with E-state index in [4.69, 9.17) is 16.7 Å². The molecular formula is C19H22ClN3O3. The zero-order valence-electron chi connectivity index (χ0n) is 14.7. The number of benzene rings is 1. The highest BCUT2D eigenvalue weighted by atomic mass is 35.5. The third-order valence-corrected chi connectivity index (χ3v) is 4.83. The van der Waals surface area contributed by atoms with Gasteiger partial charge in [0.15, 0.2) is 5.69 Å². The molecule has 3 rings (SSSR count). The van der Waals surface area contributed by atoms with Crippen LogP contribution in [-0.2, 0) is 17.6 Å². The Kier molecular flexibility index (Phi) is 5.61. The van der Waals surface area contributed by atoms with Gasteiger partial charge in [-0.1, -0.05) is 18.0 Å². The molecule has 1 aromatic heterocycles. The van der Waals surface area contributed by atoms with E-state index in [2.05, 4.69) is 10.4 Å². The quantitative estimate of drug-likeness (QED) is 0.784. The Morgan fingerprint density at radius 3 is 2.62 bits per heavy atom. The van der Waals surface area contributed by atoms with Gasteiger partial charge in [-0.2, -0.15) is 5.10 Å². The first-order chi connectivity index (χ1) is 12.5. The normalized spacial score (nSPS) is 15.0. The molecule has 0 saturated carbocycles. The molecule has 2 aromatic rings. The molecule has 2 N–H and O–H groups in total. The Balaban J connectivity index is 1.96. The van der Waals surface area contributed by atoms with E-state index in [0.717, 1.165) is 49.0 Å². The molecule has 0 radical (unpaired) electrons. The van der Waals surface area contributed by atoms with Gasteiger partial charge in [0.1, 0.15) is 0 Å². The molecule has 1 heterocycles. The van der Waals surface area contributed by atoms with E-state index in [0.29, 0.717) is 10.7 Å². The van der Waals surface area contributed by atoms with Gasteiger partial charge < -0.3 is 10.4 Å². The summed E-state index contributed by atoms with van der Waals surface area (Å²) in [6, 6.07) is 6.92. The minimum atomic E-state index is -0.941. The van der Waals surface area contributed by atoms with Crippen LogP contribution in [0.3, 0.4) is 0 Å². The number of carboxylic acid groups (broad SMARTS) is 1. The highest BCUT2D eigenvalue weighted by molar-refractivity contribution is 6.30. The Bertz CT molecular complexity index is 814. The largest absolute Gasteiger partial charge is 0.481 e. The molecule has 1 atom stereocenters. The van der Waals surface area contributed by atoms with E-state index in [1.54, 1.807) is 19.1 Å². The van der Waals surface area contributed by atoms with E-state index in [1.165, 1.54) is 0 Å². The summed E-state index contributed by atoms with van der Waals surface area (Å²) < 4.78 is 1.83. The lowest BCUT2D eigenvalue weighted by atomic mass is 10.1. The van der Waals surface area contributed by atoms with Gasteiger partial charge in [-0.25, -0.2) is 4.68 Å². The molecule has 1 aliphatic rings. The van der Waals surface area contributed by atoms with Gasteiger partial charge in [-0.05, 0) is 56.9 Å². The predicted molar refractivity (Wildman–Crippen MR) is 99.0 cm³/mol. The Morgan fingerprint density at radius 2 is 1.92 bits per heavy atom. The molecular weight excluding hydrogens is 354 g/mol. The highest BCUT2D eigenvalue weighted by Crippen LogP contribution is 2.27. The summed E-state index contributed by atoms with van der Waals surface area (Å²) in [5.74, 6) is -1.26. The number of fused-ring (bicyclic) bond motifs is 1. The molecule has 0 bridgehead atoms. The van der Waals surface area contributed by atoms with Crippen LogP contribution >= 0.6 is 11.6 Å². The maximum atomic E-state index is 12.7. The van der Waals surface area contributed by atoms with E-state index < -0.39 is 12.0 Å². The summed E-state index contributed by atoms with van der Waals surface area (Å²) in [4.78, 5) is 23.6. The van der Waals surface area contributed by atoms with Gasteiger partial charge in [0, 0.05) is 22.3 Å². The molecule has 1 aliphatic carbocycles. The van der Waals surface area contributed by atoms with Crippen molar-refractivity contribution < 1.29 is 14.7 Å². The Labute approximate surface area is 157 Å². The summed E-state index contributed by atoms with van der Waals surface area (Å²) in [7, 11) is 0. The molecule has 26 heavy (non-hydrogen) atoms. The second kappa shape index (κ2) is 7.91. The van der Waals surface area contributed by atoms with Gasteiger partial charge in [0.05, 0.1) is 12.1 Å². The van der Waals surface area contributed by atoms with Crippen molar-refractivity contribution >= 4 is 23.5 Å². The van der Waals surface area contributed by atoms with Crippen molar-refractivity contribution in [3.63, 3.8) is 0 Å². The fourth-order valence-corrected chi connectivity index (χ4v) is 3.49. The summed E-state index contributed by atoms with van der Waals surface area (Å²) in [5, 5.41) is 16.9. The number of aliphatic carboxylic acids is 1. The fraction of sp³-hybridized carbons (Fsp3) is 0.421. The number of nitrogens with zero attached hydrogens (tertiary/aromatic N) is 2. The highest BCUT2D eigenvalue weighted by Gasteiger charge is 2.25. The van der Waals surface area contributed by atoms with Crippen LogP contribution in [0.5, 0.6) is 0 Å². The standard InChI is InChI=1S/C19H22ClN3O3/c1-12(11-17(24)25)21-19(26)18-15-5-3-2-4-6-16(15)23(22-18)14-9-7-13(20)8-10-14/h7-10,12H,2-6,11H2,1H3,(H,21,26)(H,24,25). The molecule has 138 valence electrons. The number of amides is 1. The molecule has 0 saturated heterocycles. The number of hydrogen-bond donors (Lipinski definition) is 2. The van der Waals surface area contributed by atoms with Crippen molar-refractivity contribution in [1.82, 2.24) is 15.1 Å². The lowest BCUT2D eigenvalue weighted by Crippen LogP contribution is -2.35. The number of rotatable bonds is 5. The summed E-state index contributed by atoms with van der Waals surface area (Å²) in [6.45, 7) is 1.68. The first-order valence-electron chi connectivity index (χ1n) is 8.85. The number of carboxylic acids is 1. The maximum absolute atomic E-state index is 12.7. The molecule has 7 heteroatoms. The van der Waals surface area contributed by atoms with Crippen LogP contribution in [0.2, 0.25) is 5.02 Å². The van der Waals surface area contributed by atoms with Crippen LogP contribution < -0.4 is 5.32 Å². The van der Waals surface area contributed by atoms with Gasteiger partial charge in [-0.3, -0.25) is 9.59 Å². The van der Waals surface area contributed by atoms with Crippen molar-refractivity contribution in [3.05, 3.63) is 46.2 Å². The summed E-state index contributed by atoms with van der Waals surface area (Å²) in [5.41, 5.74) is 3.29. The van der Waals surface area contributed by atoms with Crippen LogP contribution in [0.4, 0.5) is 0 Å². The fourth-order valence-electron chi connectivity index (χ4n) is 3.36. The Morgan fingerprint density at radius 1 is 1.23 bits per heavy atom. The Hall–Kier alpha value is -2.34. The van der Waals surface area contributed by atoms with Crippen molar-refractivity contribution in [2.75, 3.05) is 0 Å². The molecule has 1 unspecified atom stereocenters. The van der Waals surface area contributed by atoms with Crippen molar-refractivity contribution in [2.45, 2.75) is 51.5 Å². The van der Waals surface area contributed by atoms with Gasteiger partial charge >= 0.3 is 5.97 Å². The van der Waals surface area contributed by atoms with Crippen molar-refractivity contribution in [3.8, 4) is 5.69 Å². The first-order valence-corrected chi connectivity index (χ1v) is 9.23. The van der Waals surface area contributed by atoms with Crippen LogP contribution in [0, 0.1) is 0 Å². The smallest absolute Gasteiger partial charge is 0.305 e. The molecule has 0 fully saturated rings. The molecule has 6 nitrogen and oxygen atoms in total. The molecule has 0 aliphatic heterocycles. The summed E-state index contributed by atoms with van der Waals surface area (Å²) >= 11 is 5.98. The lowest BCUT2D eigenvalue weighted by Gasteiger charge is -2.11. The monoisotopic (exact) mass is 375 g/mol. The van der Waals surface area contributed by atoms with E-state index in [-0.39, 0.29) is 12.3 Å². The zero-order chi connectivity index (χ0) is 18.7. The minimum absolute atomic E-state index is 0.119. The second-order valence-electron chi connectivity index (χ2n) is 6.70. The number of carbonyl (C=O) groups excluding carboxylic acids is 1. The average molecular weight is 376 g/mol. The maximum Gasteiger partial charge on any atom is 0.305 e. The topological polar surface area (TPSA) is 84.2 Å². The van der Waals surface area contributed by atoms with Crippen molar-refractivity contribution in [2.24, 2.45) is 0 Å². The average Bonchev–Trinajstić information content (AvgIpc) is 2.77. The van der Waals surface area contributed by atoms with Crippen molar-refractivity contribution in [1.29, 1.82) is 0 Å². The van der Waals surface area contributed by atoms with Crippen LogP contribution in [0.1, 0.15) is 54.4 Å². The second-order valence-corrected chi connectivity index (χ2v) is 7.13. The third kappa shape index (κ3) is 4.07. The number of carbonyl (C=O) groups is 2. The number of hydrogen-bond acceptors (Lipinski definition) is 3. The number of aromatic nitrogens is 2. The molecule has 1 amide bonds. The van der Waals surface area contributed by atoms with Gasteiger partial charge in [0.2, 0.25) is 0 Å². The van der Waals surface area contributed by atoms with E-state index in [9.17, 15) is 9.59 Å². The van der Waals surface area contributed by atoms with E-state index >= 15 is 0 Å². The molecule has 0 spiro atoms. The van der Waals surface area contributed by atoms with Gasteiger partial charge in [0.25, 0.3) is 5.91 Å². The first kappa shape index (κ1) is 18.5. The third-order valence-electron chi connectivity index (χ3n) is 4.57. The number of halogens is 1. The lowest BCUT2D eigenvalue weighted by molar-refractivity contribution is -0.137. The SMILES string of the molecule is CC(CC(=O)O)NC(=O)c1nn(-c2ccc(Cl)cc2)c2c1CCCCC2. The zero-order valence-corrected chi connectivity index (χ0v) is 15.4.